The summed E-state index contributed by atoms with van der Waals surface area (Å²) in [5.41, 5.74) is 1.39. The van der Waals surface area contributed by atoms with Crippen LogP contribution in [0.15, 0.2) is 44.4 Å². The standard InChI is InChI=1S/C13H12BrNO3S2/c1-9-6-7-19-13(9)20(17,18)15-12(16)8-10-2-4-11(14)5-3-10/h2-7H,8H2,1H3,(H,15,16). The first-order chi connectivity index (χ1) is 9.38. The van der Waals surface area contributed by atoms with Crippen molar-refractivity contribution in [3.05, 3.63) is 51.3 Å². The average Bonchev–Trinajstić information content (AvgIpc) is 2.78. The van der Waals surface area contributed by atoms with Crippen molar-refractivity contribution >= 4 is 43.2 Å². The third-order valence-corrected chi connectivity index (χ3v) is 6.18. The van der Waals surface area contributed by atoms with Gasteiger partial charge in [-0.2, -0.15) is 0 Å². The van der Waals surface area contributed by atoms with Crippen LogP contribution in [-0.2, 0) is 21.2 Å². The zero-order valence-corrected chi connectivity index (χ0v) is 13.8. The van der Waals surface area contributed by atoms with Gasteiger partial charge in [-0.15, -0.1) is 11.3 Å². The maximum atomic E-state index is 12.0. The fourth-order valence-electron chi connectivity index (χ4n) is 1.65. The Labute approximate surface area is 130 Å². The number of carbonyl (C=O) groups is 1. The van der Waals surface area contributed by atoms with Gasteiger partial charge in [0.05, 0.1) is 6.42 Å². The highest BCUT2D eigenvalue weighted by molar-refractivity contribution is 9.10. The van der Waals surface area contributed by atoms with Crippen LogP contribution in [0.5, 0.6) is 0 Å². The Bertz CT molecular complexity index is 720. The minimum atomic E-state index is -3.77. The lowest BCUT2D eigenvalue weighted by Gasteiger charge is -2.06. The molecule has 0 aliphatic carbocycles. The third kappa shape index (κ3) is 3.68. The second-order valence-corrected chi connectivity index (χ2v) is 7.93. The van der Waals surface area contributed by atoms with E-state index in [1.807, 2.05) is 0 Å². The maximum absolute atomic E-state index is 12.0. The number of carbonyl (C=O) groups excluding carboxylic acids is 1. The van der Waals surface area contributed by atoms with Crippen LogP contribution < -0.4 is 4.72 Å². The summed E-state index contributed by atoms with van der Waals surface area (Å²) >= 11 is 4.40. The number of thiophene rings is 1. The highest BCUT2D eigenvalue weighted by Crippen LogP contribution is 2.21. The number of aryl methyl sites for hydroxylation is 1. The molecule has 1 amide bonds. The summed E-state index contributed by atoms with van der Waals surface area (Å²) in [6, 6.07) is 8.86. The predicted molar refractivity (Wildman–Crippen MR) is 82.2 cm³/mol. The van der Waals surface area contributed by atoms with Gasteiger partial charge >= 0.3 is 0 Å². The van der Waals surface area contributed by atoms with E-state index in [9.17, 15) is 13.2 Å². The number of hydrogen-bond acceptors (Lipinski definition) is 4. The molecule has 106 valence electrons. The molecule has 0 radical (unpaired) electrons. The van der Waals surface area contributed by atoms with Crippen molar-refractivity contribution in [2.45, 2.75) is 17.6 Å². The minimum Gasteiger partial charge on any atom is -0.274 e. The molecule has 1 aromatic heterocycles. The van der Waals surface area contributed by atoms with E-state index in [0.717, 1.165) is 21.4 Å². The van der Waals surface area contributed by atoms with E-state index in [0.29, 0.717) is 5.56 Å². The molecule has 1 heterocycles. The fraction of sp³-hybridized carbons (Fsp3) is 0.154. The van der Waals surface area contributed by atoms with Gasteiger partial charge in [-0.25, -0.2) is 13.1 Å². The minimum absolute atomic E-state index is 0.0247. The number of amides is 1. The Hall–Kier alpha value is -1.18. The molecule has 0 saturated carbocycles. The van der Waals surface area contributed by atoms with Crippen molar-refractivity contribution in [3.63, 3.8) is 0 Å². The first-order valence-corrected chi connectivity index (χ1v) is 8.88. The Balaban J connectivity index is 2.08. The molecule has 0 atom stereocenters. The predicted octanol–water partition coefficient (Wildman–Crippen LogP) is 2.87. The molecule has 2 rings (SSSR count). The number of halogens is 1. The Morgan fingerprint density at radius 1 is 1.25 bits per heavy atom. The third-order valence-electron chi connectivity index (χ3n) is 2.59. The summed E-state index contributed by atoms with van der Waals surface area (Å²) in [6.45, 7) is 1.70. The first kappa shape index (κ1) is 15.2. The summed E-state index contributed by atoms with van der Waals surface area (Å²) < 4.78 is 27.3. The van der Waals surface area contributed by atoms with Crippen LogP contribution in [-0.4, -0.2) is 14.3 Å². The first-order valence-electron chi connectivity index (χ1n) is 5.72. The van der Waals surface area contributed by atoms with Gasteiger partial charge in [-0.3, -0.25) is 4.79 Å². The van der Waals surface area contributed by atoms with E-state index in [1.165, 1.54) is 0 Å². The molecule has 4 nitrogen and oxygen atoms in total. The summed E-state index contributed by atoms with van der Waals surface area (Å²) in [5, 5.41) is 1.68. The highest BCUT2D eigenvalue weighted by atomic mass is 79.9. The Morgan fingerprint density at radius 2 is 1.90 bits per heavy atom. The van der Waals surface area contributed by atoms with Gasteiger partial charge in [0.15, 0.2) is 0 Å². The van der Waals surface area contributed by atoms with Crippen molar-refractivity contribution in [3.8, 4) is 0 Å². The van der Waals surface area contributed by atoms with Gasteiger partial charge in [0.2, 0.25) is 5.91 Å². The molecule has 2 aromatic rings. The molecule has 0 saturated heterocycles. The van der Waals surface area contributed by atoms with Crippen molar-refractivity contribution in [1.29, 1.82) is 0 Å². The van der Waals surface area contributed by atoms with Crippen LogP contribution in [0, 0.1) is 6.92 Å². The topological polar surface area (TPSA) is 63.2 Å². The van der Waals surface area contributed by atoms with Crippen molar-refractivity contribution in [2.75, 3.05) is 0 Å². The Morgan fingerprint density at radius 3 is 2.45 bits per heavy atom. The van der Waals surface area contributed by atoms with E-state index in [1.54, 1.807) is 42.6 Å². The second kappa shape index (κ2) is 6.07. The normalized spacial score (nSPS) is 11.3. The van der Waals surface area contributed by atoms with Crippen LogP contribution in [0.25, 0.3) is 0 Å². The fourth-order valence-corrected chi connectivity index (χ4v) is 4.32. The van der Waals surface area contributed by atoms with E-state index in [-0.39, 0.29) is 10.6 Å². The molecule has 0 aliphatic rings. The smallest absolute Gasteiger partial charge is 0.273 e. The number of sulfonamides is 1. The molecule has 20 heavy (non-hydrogen) atoms. The number of benzene rings is 1. The average molecular weight is 374 g/mol. The SMILES string of the molecule is Cc1ccsc1S(=O)(=O)NC(=O)Cc1ccc(Br)cc1. The van der Waals surface area contributed by atoms with Crippen LogP contribution >= 0.6 is 27.3 Å². The quantitative estimate of drug-likeness (QED) is 0.895. The highest BCUT2D eigenvalue weighted by Gasteiger charge is 2.21. The van der Waals surface area contributed by atoms with Gasteiger partial charge in [0.1, 0.15) is 4.21 Å². The molecule has 1 N–H and O–H groups in total. The van der Waals surface area contributed by atoms with Gasteiger partial charge in [0, 0.05) is 4.47 Å². The van der Waals surface area contributed by atoms with Crippen molar-refractivity contribution < 1.29 is 13.2 Å². The van der Waals surface area contributed by atoms with Crippen LogP contribution in [0.1, 0.15) is 11.1 Å². The number of nitrogens with one attached hydrogen (secondary N) is 1. The van der Waals surface area contributed by atoms with Crippen molar-refractivity contribution in [2.24, 2.45) is 0 Å². The summed E-state index contributed by atoms with van der Waals surface area (Å²) in [4.78, 5) is 11.8. The van der Waals surface area contributed by atoms with E-state index < -0.39 is 15.9 Å². The molecule has 0 bridgehead atoms. The molecule has 0 aliphatic heterocycles. The zero-order valence-electron chi connectivity index (χ0n) is 10.6. The van der Waals surface area contributed by atoms with E-state index in [2.05, 4.69) is 20.7 Å². The molecule has 0 unspecified atom stereocenters. The molecular weight excluding hydrogens is 362 g/mol. The second-order valence-electron chi connectivity index (χ2n) is 4.22. The van der Waals surface area contributed by atoms with E-state index in [4.69, 9.17) is 0 Å². The molecule has 1 aromatic carbocycles. The monoisotopic (exact) mass is 373 g/mol. The zero-order chi connectivity index (χ0) is 14.8. The summed E-state index contributed by atoms with van der Waals surface area (Å²) in [6.07, 6.45) is 0.0247. The summed E-state index contributed by atoms with van der Waals surface area (Å²) in [7, 11) is -3.77. The molecule has 7 heteroatoms. The van der Waals surface area contributed by atoms with Crippen molar-refractivity contribution in [1.82, 2.24) is 4.72 Å². The summed E-state index contributed by atoms with van der Waals surface area (Å²) in [5.74, 6) is -0.542. The van der Waals surface area contributed by atoms with Crippen LogP contribution in [0.3, 0.4) is 0 Å². The van der Waals surface area contributed by atoms with Gasteiger partial charge in [-0.05, 0) is 41.6 Å². The van der Waals surface area contributed by atoms with Gasteiger partial charge in [0.25, 0.3) is 10.0 Å². The maximum Gasteiger partial charge on any atom is 0.273 e. The largest absolute Gasteiger partial charge is 0.274 e. The number of rotatable bonds is 4. The van der Waals surface area contributed by atoms with Crippen LogP contribution in [0.4, 0.5) is 0 Å². The lowest BCUT2D eigenvalue weighted by Crippen LogP contribution is -2.31. The van der Waals surface area contributed by atoms with Gasteiger partial charge < -0.3 is 0 Å². The molecule has 0 spiro atoms. The lowest BCUT2D eigenvalue weighted by molar-refractivity contribution is -0.118. The van der Waals surface area contributed by atoms with Gasteiger partial charge in [-0.1, -0.05) is 28.1 Å². The Kier molecular flexibility index (Phi) is 4.62. The van der Waals surface area contributed by atoms with Crippen LogP contribution in [0.2, 0.25) is 0 Å². The molecule has 0 fully saturated rings. The van der Waals surface area contributed by atoms with E-state index >= 15 is 0 Å². The molecular formula is C13H12BrNO3S2. The number of hydrogen-bond donors (Lipinski definition) is 1. The lowest BCUT2D eigenvalue weighted by atomic mass is 10.1.